The van der Waals surface area contributed by atoms with E-state index in [9.17, 15) is 5.11 Å². The Labute approximate surface area is 91.9 Å². The Morgan fingerprint density at radius 2 is 1.93 bits per heavy atom. The monoisotopic (exact) mass is 208 g/mol. The molecule has 0 heterocycles. The molecule has 0 fully saturated rings. The fraction of sp³-hybridized carbons (Fsp3) is 0.538. The number of aliphatic hydroxyl groups is 1. The Bertz CT molecular complexity index is 320. The van der Waals surface area contributed by atoms with E-state index in [0.717, 1.165) is 5.56 Å². The highest BCUT2D eigenvalue weighted by atomic mass is 16.5. The third kappa shape index (κ3) is 3.33. The molecule has 2 atom stereocenters. The van der Waals surface area contributed by atoms with Gasteiger partial charge in [0, 0.05) is 13.5 Å². The van der Waals surface area contributed by atoms with Gasteiger partial charge in [-0.15, -0.1) is 0 Å². The Morgan fingerprint density at radius 3 is 2.47 bits per heavy atom. The van der Waals surface area contributed by atoms with Gasteiger partial charge in [-0.2, -0.15) is 0 Å². The molecule has 0 saturated carbocycles. The van der Waals surface area contributed by atoms with Gasteiger partial charge in [0.1, 0.15) is 0 Å². The first kappa shape index (κ1) is 12.2. The zero-order valence-electron chi connectivity index (χ0n) is 9.95. The van der Waals surface area contributed by atoms with Crippen LogP contribution in [0.3, 0.4) is 0 Å². The lowest BCUT2D eigenvalue weighted by Gasteiger charge is -2.16. The predicted molar refractivity (Wildman–Crippen MR) is 62.0 cm³/mol. The molecular formula is C13H20O2. The summed E-state index contributed by atoms with van der Waals surface area (Å²) in [5.41, 5.74) is 3.45. The van der Waals surface area contributed by atoms with Gasteiger partial charge in [0.15, 0.2) is 0 Å². The lowest BCUT2D eigenvalue weighted by Crippen LogP contribution is -2.11. The van der Waals surface area contributed by atoms with E-state index in [1.807, 2.05) is 25.1 Å². The second kappa shape index (κ2) is 5.29. The zero-order valence-corrected chi connectivity index (χ0v) is 9.95. The number of hydrogen-bond acceptors (Lipinski definition) is 2. The van der Waals surface area contributed by atoms with Crippen molar-refractivity contribution in [2.75, 3.05) is 7.11 Å². The Hall–Kier alpha value is -0.860. The van der Waals surface area contributed by atoms with Gasteiger partial charge in [0.2, 0.25) is 0 Å². The van der Waals surface area contributed by atoms with Gasteiger partial charge in [0.25, 0.3) is 0 Å². The third-order valence-corrected chi connectivity index (χ3v) is 2.87. The molecule has 0 bridgehead atoms. The summed E-state index contributed by atoms with van der Waals surface area (Å²) in [6.45, 7) is 6.10. The fourth-order valence-electron chi connectivity index (χ4n) is 1.52. The first-order valence-electron chi connectivity index (χ1n) is 5.32. The maximum absolute atomic E-state index is 9.96. The molecular weight excluding hydrogens is 188 g/mol. The van der Waals surface area contributed by atoms with Crippen molar-refractivity contribution in [1.82, 2.24) is 0 Å². The molecule has 1 aromatic carbocycles. The van der Waals surface area contributed by atoms with Crippen LogP contribution in [0.2, 0.25) is 0 Å². The molecule has 1 rings (SSSR count). The predicted octanol–water partition coefficient (Wildman–Crippen LogP) is 2.76. The van der Waals surface area contributed by atoms with E-state index in [-0.39, 0.29) is 6.10 Å². The molecule has 2 unspecified atom stereocenters. The van der Waals surface area contributed by atoms with Crippen LogP contribution in [0.5, 0.6) is 0 Å². The largest absolute Gasteiger partial charge is 0.388 e. The standard InChI is InChI=1S/C13H20O2/c1-9-5-6-12(7-10(9)2)13(14)8-11(3)15-4/h5-7,11,13-14H,8H2,1-4H3. The lowest BCUT2D eigenvalue weighted by atomic mass is 9.99. The lowest BCUT2D eigenvalue weighted by molar-refractivity contribution is 0.0559. The van der Waals surface area contributed by atoms with Crippen molar-refractivity contribution >= 4 is 0 Å². The molecule has 0 spiro atoms. The smallest absolute Gasteiger partial charge is 0.0814 e. The second-order valence-electron chi connectivity index (χ2n) is 4.14. The molecule has 0 radical (unpaired) electrons. The molecule has 1 N–H and O–H groups in total. The molecule has 2 heteroatoms. The first-order chi connectivity index (χ1) is 7.04. The van der Waals surface area contributed by atoms with Crippen LogP contribution in [0, 0.1) is 13.8 Å². The highest BCUT2D eigenvalue weighted by molar-refractivity contribution is 5.31. The highest BCUT2D eigenvalue weighted by Gasteiger charge is 2.12. The van der Waals surface area contributed by atoms with Crippen molar-refractivity contribution in [3.63, 3.8) is 0 Å². The highest BCUT2D eigenvalue weighted by Crippen LogP contribution is 2.21. The van der Waals surface area contributed by atoms with Crippen LogP contribution in [0.1, 0.15) is 36.1 Å². The number of rotatable bonds is 4. The van der Waals surface area contributed by atoms with Crippen molar-refractivity contribution in [1.29, 1.82) is 0 Å². The second-order valence-corrected chi connectivity index (χ2v) is 4.14. The van der Waals surface area contributed by atoms with Crippen molar-refractivity contribution < 1.29 is 9.84 Å². The zero-order chi connectivity index (χ0) is 11.4. The molecule has 0 amide bonds. The number of aryl methyl sites for hydroxylation is 2. The Morgan fingerprint density at radius 1 is 1.27 bits per heavy atom. The van der Waals surface area contributed by atoms with Crippen LogP contribution in [0.15, 0.2) is 18.2 Å². The minimum atomic E-state index is -0.431. The summed E-state index contributed by atoms with van der Waals surface area (Å²) in [7, 11) is 1.66. The summed E-state index contributed by atoms with van der Waals surface area (Å²) in [5.74, 6) is 0. The molecule has 15 heavy (non-hydrogen) atoms. The van der Waals surface area contributed by atoms with Crippen LogP contribution in [0.25, 0.3) is 0 Å². The van der Waals surface area contributed by atoms with Crippen LogP contribution >= 0.6 is 0 Å². The van der Waals surface area contributed by atoms with Gasteiger partial charge < -0.3 is 9.84 Å². The maximum Gasteiger partial charge on any atom is 0.0814 e. The van der Waals surface area contributed by atoms with Gasteiger partial charge >= 0.3 is 0 Å². The molecule has 0 aliphatic rings. The Kier molecular flexibility index (Phi) is 4.30. The van der Waals surface area contributed by atoms with E-state index in [4.69, 9.17) is 4.74 Å². The Balaban J connectivity index is 2.73. The van der Waals surface area contributed by atoms with Crippen molar-refractivity contribution in [3.8, 4) is 0 Å². The number of hydrogen-bond donors (Lipinski definition) is 1. The number of aliphatic hydroxyl groups excluding tert-OH is 1. The molecule has 1 aromatic rings. The minimum absolute atomic E-state index is 0.0848. The van der Waals surface area contributed by atoms with Crippen molar-refractivity contribution in [3.05, 3.63) is 34.9 Å². The van der Waals surface area contributed by atoms with Gasteiger partial charge in [-0.25, -0.2) is 0 Å². The number of methoxy groups -OCH3 is 1. The molecule has 2 nitrogen and oxygen atoms in total. The van der Waals surface area contributed by atoms with Crippen LogP contribution in [-0.4, -0.2) is 18.3 Å². The van der Waals surface area contributed by atoms with E-state index in [0.29, 0.717) is 6.42 Å². The van der Waals surface area contributed by atoms with Crippen LogP contribution in [-0.2, 0) is 4.74 Å². The van der Waals surface area contributed by atoms with E-state index >= 15 is 0 Å². The van der Waals surface area contributed by atoms with E-state index in [2.05, 4.69) is 13.8 Å². The summed E-state index contributed by atoms with van der Waals surface area (Å²) >= 11 is 0. The molecule has 0 aliphatic carbocycles. The fourth-order valence-corrected chi connectivity index (χ4v) is 1.52. The SMILES string of the molecule is COC(C)CC(O)c1ccc(C)c(C)c1. The molecule has 0 aliphatic heterocycles. The third-order valence-electron chi connectivity index (χ3n) is 2.87. The van der Waals surface area contributed by atoms with Crippen LogP contribution < -0.4 is 0 Å². The van der Waals surface area contributed by atoms with E-state index in [1.165, 1.54) is 11.1 Å². The summed E-state index contributed by atoms with van der Waals surface area (Å²) < 4.78 is 5.14. The van der Waals surface area contributed by atoms with Crippen LogP contribution in [0.4, 0.5) is 0 Å². The first-order valence-corrected chi connectivity index (χ1v) is 5.32. The normalized spacial score (nSPS) is 15.0. The summed E-state index contributed by atoms with van der Waals surface area (Å²) in [5, 5.41) is 9.96. The number of benzene rings is 1. The van der Waals surface area contributed by atoms with Gasteiger partial charge in [-0.3, -0.25) is 0 Å². The maximum atomic E-state index is 9.96. The summed E-state index contributed by atoms with van der Waals surface area (Å²) in [6.07, 6.45) is 0.291. The minimum Gasteiger partial charge on any atom is -0.388 e. The van der Waals surface area contributed by atoms with E-state index < -0.39 is 6.10 Å². The van der Waals surface area contributed by atoms with E-state index in [1.54, 1.807) is 7.11 Å². The average Bonchev–Trinajstić information content (AvgIpc) is 2.21. The molecule has 0 aromatic heterocycles. The van der Waals surface area contributed by atoms with Crippen molar-refractivity contribution in [2.45, 2.75) is 39.4 Å². The number of ether oxygens (including phenoxy) is 1. The van der Waals surface area contributed by atoms with Gasteiger partial charge in [-0.1, -0.05) is 18.2 Å². The summed E-state index contributed by atoms with van der Waals surface area (Å²) in [4.78, 5) is 0. The average molecular weight is 208 g/mol. The van der Waals surface area contributed by atoms with Gasteiger partial charge in [0.05, 0.1) is 12.2 Å². The molecule has 0 saturated heterocycles. The van der Waals surface area contributed by atoms with Crippen molar-refractivity contribution in [2.24, 2.45) is 0 Å². The quantitative estimate of drug-likeness (QED) is 0.824. The topological polar surface area (TPSA) is 29.5 Å². The van der Waals surface area contributed by atoms with Gasteiger partial charge in [-0.05, 0) is 37.5 Å². The summed E-state index contributed by atoms with van der Waals surface area (Å²) in [6, 6.07) is 6.07. The molecule has 84 valence electrons.